The predicted octanol–water partition coefficient (Wildman–Crippen LogP) is 15.5. The van der Waals surface area contributed by atoms with E-state index in [0.29, 0.717) is 17.4 Å². The molecule has 1 amide bonds. The highest BCUT2D eigenvalue weighted by molar-refractivity contribution is 7.80. The Balaban J connectivity index is 1.16. The fourth-order valence-corrected chi connectivity index (χ4v) is 15.4. The van der Waals surface area contributed by atoms with E-state index in [1.54, 1.807) is 7.11 Å². The van der Waals surface area contributed by atoms with Crippen LogP contribution in [0.2, 0.25) is 0 Å². The average molecular weight is 1030 g/mol. The fraction of sp³-hybridized carbons (Fsp3) is 0.239. The zero-order valence-electron chi connectivity index (χ0n) is 46.2. The molecule has 1 aromatic heterocycles. The van der Waals surface area contributed by atoms with Crippen molar-refractivity contribution in [3.05, 3.63) is 232 Å². The van der Waals surface area contributed by atoms with Gasteiger partial charge in [-0.3, -0.25) is 14.7 Å². The number of aromatic nitrogens is 1. The number of benzene rings is 8. The number of carbonyl (C=O) groups excluding carboxylic acids is 1. The molecule has 3 saturated heterocycles. The number of fused-ring (bicyclic) bond motifs is 4. The Morgan fingerprint density at radius 1 is 0.610 bits per heavy atom. The molecule has 3 fully saturated rings. The number of aryl methyl sites for hydroxylation is 8. The summed E-state index contributed by atoms with van der Waals surface area (Å²) < 4.78 is 5.82. The molecular weight excluding hydrogens is 958 g/mol. The molecule has 8 aromatic carbocycles. The van der Waals surface area contributed by atoms with E-state index in [0.717, 1.165) is 75.7 Å². The van der Waals surface area contributed by atoms with Gasteiger partial charge in [-0.25, -0.2) is 0 Å². The maximum absolute atomic E-state index is 16.1. The molecule has 386 valence electrons. The number of carbonyl (C=O) groups is 1. The van der Waals surface area contributed by atoms with Crippen LogP contribution in [0.25, 0.3) is 55.4 Å². The van der Waals surface area contributed by atoms with Crippen LogP contribution >= 0.6 is 7.92 Å². The van der Waals surface area contributed by atoms with Gasteiger partial charge in [-0.15, -0.1) is 6.58 Å². The first-order chi connectivity index (χ1) is 37.2. The van der Waals surface area contributed by atoms with Crippen LogP contribution in [0.5, 0.6) is 5.75 Å². The highest BCUT2D eigenvalue weighted by Crippen LogP contribution is 2.45. The minimum Gasteiger partial charge on any atom is -0.497 e. The highest BCUT2D eigenvalue weighted by atomic mass is 31.1. The summed E-state index contributed by atoms with van der Waals surface area (Å²) in [4.78, 5) is 23.5. The lowest BCUT2D eigenvalue weighted by atomic mass is 9.73. The molecule has 77 heavy (non-hydrogen) atoms. The molecule has 6 heteroatoms. The Morgan fingerprint density at radius 2 is 1.08 bits per heavy atom. The van der Waals surface area contributed by atoms with Gasteiger partial charge in [-0.05, 0) is 227 Å². The molecule has 12 rings (SSSR count). The highest BCUT2D eigenvalue weighted by Gasteiger charge is 2.43. The Morgan fingerprint density at radius 3 is 1.52 bits per heavy atom. The number of ether oxygens (including phenoxy) is 1. The molecule has 0 saturated carbocycles. The largest absolute Gasteiger partial charge is 0.497 e. The smallest absolute Gasteiger partial charge is 0.252 e. The van der Waals surface area contributed by atoms with Crippen molar-refractivity contribution >= 4 is 40.6 Å². The first kappa shape index (κ1) is 51.7. The summed E-state index contributed by atoms with van der Waals surface area (Å²) in [7, 11) is 0.269. The Hall–Kier alpha value is -7.43. The number of rotatable bonds is 13. The quantitative estimate of drug-likeness (QED) is 0.0924. The van der Waals surface area contributed by atoms with E-state index in [4.69, 9.17) is 9.72 Å². The maximum Gasteiger partial charge on any atom is 0.252 e. The predicted molar refractivity (Wildman–Crippen MR) is 325 cm³/mol. The molecule has 3 aliphatic rings. The third kappa shape index (κ3) is 10.8. The lowest BCUT2D eigenvalue weighted by Crippen LogP contribution is -2.57. The van der Waals surface area contributed by atoms with Crippen LogP contribution < -0.4 is 26.0 Å². The first-order valence-corrected chi connectivity index (χ1v) is 28.6. The Kier molecular flexibility index (Phi) is 14.4. The van der Waals surface area contributed by atoms with Gasteiger partial charge >= 0.3 is 0 Å². The van der Waals surface area contributed by atoms with Gasteiger partial charge in [0.25, 0.3) is 5.91 Å². The van der Waals surface area contributed by atoms with Gasteiger partial charge in [0.2, 0.25) is 0 Å². The topological polar surface area (TPSA) is 54.5 Å². The zero-order chi connectivity index (χ0) is 53.6. The van der Waals surface area contributed by atoms with Crippen LogP contribution in [0, 0.1) is 67.2 Å². The van der Waals surface area contributed by atoms with Gasteiger partial charge in [0.05, 0.1) is 18.7 Å². The van der Waals surface area contributed by atoms with Crippen LogP contribution in [0.3, 0.4) is 0 Å². The molecule has 9 aromatic rings. The van der Waals surface area contributed by atoms with Crippen LogP contribution in [0.1, 0.15) is 79.3 Å². The summed E-state index contributed by atoms with van der Waals surface area (Å²) in [6.07, 6.45) is 6.13. The lowest BCUT2D eigenvalue weighted by Gasteiger charge is -2.51. The van der Waals surface area contributed by atoms with Gasteiger partial charge in [0, 0.05) is 29.7 Å². The summed E-state index contributed by atoms with van der Waals surface area (Å²) in [6, 6.07) is 58.3. The summed E-state index contributed by atoms with van der Waals surface area (Å²) in [5, 5.41) is 8.13. The monoisotopic (exact) mass is 1030 g/mol. The second kappa shape index (κ2) is 21.5. The van der Waals surface area contributed by atoms with Crippen molar-refractivity contribution in [1.82, 2.24) is 15.2 Å². The summed E-state index contributed by atoms with van der Waals surface area (Å²) in [5.74, 6) is 1.60. The van der Waals surface area contributed by atoms with Gasteiger partial charge in [-0.1, -0.05) is 142 Å². The third-order valence-corrected chi connectivity index (χ3v) is 18.5. The molecule has 5 nitrogen and oxygen atoms in total. The maximum atomic E-state index is 16.1. The molecule has 4 heterocycles. The number of nitrogens with zero attached hydrogens (tertiary/aromatic N) is 2. The molecule has 0 spiro atoms. The van der Waals surface area contributed by atoms with Crippen LogP contribution in [0.15, 0.2) is 177 Å². The van der Waals surface area contributed by atoms with Crippen LogP contribution in [-0.2, 0) is 0 Å². The van der Waals surface area contributed by atoms with Crippen molar-refractivity contribution in [2.24, 2.45) is 11.8 Å². The van der Waals surface area contributed by atoms with Crippen LogP contribution in [-0.4, -0.2) is 42.0 Å². The van der Waals surface area contributed by atoms with Crippen molar-refractivity contribution < 1.29 is 9.53 Å². The van der Waals surface area contributed by atoms with E-state index in [1.807, 2.05) is 24.4 Å². The number of nitrogens with one attached hydrogen (secondary N) is 1. The number of amides is 1. The summed E-state index contributed by atoms with van der Waals surface area (Å²) in [6.45, 7) is 23.7. The van der Waals surface area contributed by atoms with Gasteiger partial charge in [0.15, 0.2) is 0 Å². The van der Waals surface area contributed by atoms with Gasteiger partial charge in [-0.2, -0.15) is 0 Å². The molecule has 3 aliphatic heterocycles. The standard InChI is InChI=1S/C71H70N3O2P/c1-11-51-42-74-21-19-52(51)40-68(74)70(64-18-20-72-67-17-16-61(76-10)41-66(64)67)73-71(75)65-14-12-13-15-69(65)77(62-36-57(53-26-43(2)22-44(3)27-53)34-58(37-62)54-28-45(4)23-46(5)29-54)63-38-59(55-30-47(6)24-48(7)31-55)35-60(39-63)56-32-49(8)25-50(9)33-56/h11-18,20,22-39,41,51-52,68,70H,1,19,21,40,42H2,2-10H3,(H,73,75)/t51?,52?,68-,70?/m1/s1. The van der Waals surface area contributed by atoms with E-state index < -0.39 is 7.92 Å². The SMILES string of the molecule is C=CC1CN2CCC1C[C@@H]2C(NC(=O)c1ccccc1P(c1cc(-c2cc(C)cc(C)c2)cc(-c2cc(C)cc(C)c2)c1)c1cc(-c2cc(C)cc(C)c2)cc(-c2cc(C)cc(C)c2)c1)c1ccnc2ccc(OC)cc12. The van der Waals surface area contributed by atoms with Crippen molar-refractivity contribution in [2.75, 3.05) is 20.2 Å². The van der Waals surface area contributed by atoms with E-state index in [9.17, 15) is 0 Å². The fourth-order valence-electron chi connectivity index (χ4n) is 12.9. The first-order valence-electron chi connectivity index (χ1n) is 27.3. The van der Waals surface area contributed by atoms with E-state index >= 15 is 4.79 Å². The lowest BCUT2D eigenvalue weighted by molar-refractivity contribution is 0.00171. The average Bonchev–Trinajstić information content (AvgIpc) is 3.49. The van der Waals surface area contributed by atoms with Crippen molar-refractivity contribution in [3.8, 4) is 50.3 Å². The third-order valence-electron chi connectivity index (χ3n) is 16.1. The van der Waals surface area contributed by atoms with Gasteiger partial charge < -0.3 is 10.1 Å². The number of hydrogen-bond donors (Lipinski definition) is 1. The second-order valence-electron chi connectivity index (χ2n) is 22.4. The molecule has 5 atom stereocenters. The minimum absolute atomic E-state index is 0.0731. The van der Waals surface area contributed by atoms with Crippen molar-refractivity contribution in [2.45, 2.75) is 80.3 Å². The Labute approximate surface area is 457 Å². The summed E-state index contributed by atoms with van der Waals surface area (Å²) in [5.41, 5.74) is 21.7. The zero-order valence-corrected chi connectivity index (χ0v) is 47.1. The number of pyridine rings is 1. The van der Waals surface area contributed by atoms with E-state index in [-0.39, 0.29) is 18.0 Å². The Bertz CT molecular complexity index is 3390. The number of piperidine rings is 3. The second-order valence-corrected chi connectivity index (χ2v) is 24.6. The minimum atomic E-state index is -1.44. The summed E-state index contributed by atoms with van der Waals surface area (Å²) >= 11 is 0. The molecule has 1 N–H and O–H groups in total. The van der Waals surface area contributed by atoms with E-state index in [2.05, 4.69) is 218 Å². The number of methoxy groups -OCH3 is 1. The van der Waals surface area contributed by atoms with Crippen molar-refractivity contribution in [1.29, 1.82) is 0 Å². The molecule has 2 bridgehead atoms. The van der Waals surface area contributed by atoms with E-state index in [1.165, 1.54) is 77.4 Å². The van der Waals surface area contributed by atoms with Crippen LogP contribution in [0.4, 0.5) is 0 Å². The normalized spacial score (nSPS) is 17.4. The molecule has 0 aliphatic carbocycles. The van der Waals surface area contributed by atoms with Crippen molar-refractivity contribution in [3.63, 3.8) is 0 Å². The van der Waals surface area contributed by atoms with Gasteiger partial charge in [0.1, 0.15) is 5.75 Å². The molecule has 0 radical (unpaired) electrons. The number of hydrogen-bond acceptors (Lipinski definition) is 4. The molecule has 4 unspecified atom stereocenters. The molecular formula is C71H70N3O2P.